The van der Waals surface area contributed by atoms with Crippen molar-refractivity contribution in [3.8, 4) is 5.75 Å². The summed E-state index contributed by atoms with van der Waals surface area (Å²) in [6.07, 6.45) is 1.39. The molecule has 2 rings (SSSR count). The molecular formula is C12H13ClN2O2. The van der Waals surface area contributed by atoms with E-state index >= 15 is 0 Å². The minimum Gasteiger partial charge on any atom is -0.497 e. The standard InChI is InChI=1S/C12H13ClN2O2/c1-15-7-10(13)12(16)14-11(15)8-3-5-9(17-2)6-4-8/h3-7,11H,1-2H3,(H,14,16). The Kier molecular flexibility index (Phi) is 3.24. The van der Waals surface area contributed by atoms with Crippen molar-refractivity contribution in [2.24, 2.45) is 4.99 Å². The summed E-state index contributed by atoms with van der Waals surface area (Å²) in [5.41, 5.74) is 0.959. The molecule has 5 heteroatoms. The Morgan fingerprint density at radius 3 is 2.59 bits per heavy atom. The predicted octanol–water partition coefficient (Wildman–Crippen LogP) is 2.68. The monoisotopic (exact) mass is 252 g/mol. The largest absolute Gasteiger partial charge is 0.497 e. The van der Waals surface area contributed by atoms with Crippen LogP contribution in [0, 0.1) is 0 Å². The van der Waals surface area contributed by atoms with Crippen LogP contribution in [0.15, 0.2) is 40.5 Å². The van der Waals surface area contributed by atoms with E-state index in [1.165, 1.54) is 0 Å². The second kappa shape index (κ2) is 4.67. The molecule has 0 saturated carbocycles. The third kappa shape index (κ3) is 2.36. The summed E-state index contributed by atoms with van der Waals surface area (Å²) in [6, 6.07) is 7.53. The summed E-state index contributed by atoms with van der Waals surface area (Å²) in [6.45, 7) is 0. The third-order valence-corrected chi connectivity index (χ3v) is 2.84. The number of nitrogens with zero attached hydrogens (tertiary/aromatic N) is 2. The average Bonchev–Trinajstić information content (AvgIpc) is 2.34. The maximum absolute atomic E-state index is 9.53. The molecule has 0 bridgehead atoms. The molecule has 17 heavy (non-hydrogen) atoms. The second-order valence-electron chi connectivity index (χ2n) is 3.74. The highest BCUT2D eigenvalue weighted by molar-refractivity contribution is 6.41. The SMILES string of the molecule is COc1ccc(C2N=C(O)C(Cl)=CN2C)cc1. The Bertz CT molecular complexity index is 468. The molecule has 0 radical (unpaired) electrons. The number of rotatable bonds is 2. The van der Waals surface area contributed by atoms with Crippen molar-refractivity contribution < 1.29 is 9.84 Å². The lowest BCUT2D eigenvalue weighted by Crippen LogP contribution is -2.24. The molecule has 1 aromatic carbocycles. The number of methoxy groups -OCH3 is 1. The molecule has 0 aromatic heterocycles. The van der Waals surface area contributed by atoms with Crippen LogP contribution in [0.25, 0.3) is 0 Å². The van der Waals surface area contributed by atoms with Gasteiger partial charge in [0.1, 0.15) is 10.8 Å². The quantitative estimate of drug-likeness (QED) is 0.880. The summed E-state index contributed by atoms with van der Waals surface area (Å²) in [5, 5.41) is 9.77. The van der Waals surface area contributed by atoms with E-state index in [4.69, 9.17) is 16.3 Å². The van der Waals surface area contributed by atoms with Gasteiger partial charge >= 0.3 is 0 Å². The highest BCUT2D eigenvalue weighted by Crippen LogP contribution is 2.28. The van der Waals surface area contributed by atoms with Crippen LogP contribution in [0.2, 0.25) is 0 Å². The minimum absolute atomic E-state index is 0.134. The van der Waals surface area contributed by atoms with Gasteiger partial charge in [0, 0.05) is 13.2 Å². The fourth-order valence-corrected chi connectivity index (χ4v) is 1.86. The van der Waals surface area contributed by atoms with Crippen LogP contribution in [-0.4, -0.2) is 30.1 Å². The van der Waals surface area contributed by atoms with Crippen molar-refractivity contribution >= 4 is 17.5 Å². The molecule has 1 unspecified atom stereocenters. The predicted molar refractivity (Wildman–Crippen MR) is 67.5 cm³/mol. The fourth-order valence-electron chi connectivity index (χ4n) is 1.66. The lowest BCUT2D eigenvalue weighted by Gasteiger charge is -2.27. The molecule has 0 saturated heterocycles. The molecule has 0 amide bonds. The Balaban J connectivity index is 2.28. The summed E-state index contributed by atoms with van der Waals surface area (Å²) in [7, 11) is 3.47. The van der Waals surface area contributed by atoms with E-state index in [1.807, 2.05) is 36.2 Å². The highest BCUT2D eigenvalue weighted by Gasteiger charge is 2.21. The molecule has 1 heterocycles. The molecule has 0 aliphatic carbocycles. The van der Waals surface area contributed by atoms with Gasteiger partial charge in [-0.2, -0.15) is 0 Å². The first-order chi connectivity index (χ1) is 8.11. The summed E-state index contributed by atoms with van der Waals surface area (Å²) in [5.74, 6) is 0.652. The van der Waals surface area contributed by atoms with E-state index in [0.29, 0.717) is 0 Å². The molecule has 1 atom stereocenters. The summed E-state index contributed by atoms with van der Waals surface area (Å²) < 4.78 is 5.09. The lowest BCUT2D eigenvalue weighted by molar-refractivity contribution is 0.331. The van der Waals surface area contributed by atoms with Crippen molar-refractivity contribution in [2.75, 3.05) is 14.2 Å². The highest BCUT2D eigenvalue weighted by atomic mass is 35.5. The van der Waals surface area contributed by atoms with E-state index in [1.54, 1.807) is 13.3 Å². The Morgan fingerprint density at radius 2 is 2.00 bits per heavy atom. The normalized spacial score (nSPS) is 19.7. The molecule has 4 nitrogen and oxygen atoms in total. The first-order valence-electron chi connectivity index (χ1n) is 5.12. The molecule has 1 aromatic rings. The average molecular weight is 253 g/mol. The molecule has 1 aliphatic heterocycles. The zero-order valence-electron chi connectivity index (χ0n) is 9.59. The topological polar surface area (TPSA) is 45.1 Å². The van der Waals surface area contributed by atoms with Gasteiger partial charge in [-0.3, -0.25) is 0 Å². The van der Waals surface area contributed by atoms with Crippen molar-refractivity contribution in [1.29, 1.82) is 0 Å². The number of aliphatic hydroxyl groups excluding tert-OH is 1. The molecular weight excluding hydrogens is 240 g/mol. The summed E-state index contributed by atoms with van der Waals surface area (Å²) in [4.78, 5) is 5.96. The minimum atomic E-state index is -0.261. The number of hydrogen-bond acceptors (Lipinski definition) is 3. The van der Waals surface area contributed by atoms with Crippen LogP contribution in [0.1, 0.15) is 11.7 Å². The number of aliphatic hydroxyl groups is 1. The van der Waals surface area contributed by atoms with E-state index in [-0.39, 0.29) is 17.1 Å². The zero-order valence-corrected chi connectivity index (χ0v) is 10.3. The Morgan fingerprint density at radius 1 is 1.35 bits per heavy atom. The number of aliphatic imine (C=N–C) groups is 1. The summed E-state index contributed by atoms with van der Waals surface area (Å²) >= 11 is 5.78. The maximum Gasteiger partial charge on any atom is 0.229 e. The molecule has 0 spiro atoms. The number of hydrogen-bond donors (Lipinski definition) is 1. The molecule has 1 aliphatic rings. The van der Waals surface area contributed by atoms with Gasteiger partial charge in [-0.25, -0.2) is 4.99 Å². The van der Waals surface area contributed by atoms with Crippen LogP contribution in [0.4, 0.5) is 0 Å². The van der Waals surface area contributed by atoms with Crippen LogP contribution in [0.5, 0.6) is 5.75 Å². The zero-order chi connectivity index (χ0) is 12.4. The molecule has 90 valence electrons. The van der Waals surface area contributed by atoms with Gasteiger partial charge < -0.3 is 14.7 Å². The van der Waals surface area contributed by atoms with Gasteiger partial charge in [0.15, 0.2) is 6.17 Å². The van der Waals surface area contributed by atoms with Crippen molar-refractivity contribution in [1.82, 2.24) is 4.90 Å². The number of benzene rings is 1. The van der Waals surface area contributed by atoms with Crippen LogP contribution >= 0.6 is 11.6 Å². The van der Waals surface area contributed by atoms with E-state index in [9.17, 15) is 5.11 Å². The van der Waals surface area contributed by atoms with Gasteiger partial charge in [0.2, 0.25) is 5.90 Å². The van der Waals surface area contributed by atoms with Crippen molar-refractivity contribution in [3.63, 3.8) is 0 Å². The number of halogens is 1. The fraction of sp³-hybridized carbons (Fsp3) is 0.250. The Labute approximate surface area is 105 Å². The Hall–Kier alpha value is -1.68. The van der Waals surface area contributed by atoms with Gasteiger partial charge in [-0.15, -0.1) is 0 Å². The van der Waals surface area contributed by atoms with Gasteiger partial charge in [0.05, 0.1) is 7.11 Å². The van der Waals surface area contributed by atoms with Crippen LogP contribution in [-0.2, 0) is 0 Å². The number of ether oxygens (including phenoxy) is 1. The van der Waals surface area contributed by atoms with Crippen molar-refractivity contribution in [3.05, 3.63) is 41.1 Å². The van der Waals surface area contributed by atoms with Gasteiger partial charge in [0.25, 0.3) is 0 Å². The molecule has 1 N–H and O–H groups in total. The lowest BCUT2D eigenvalue weighted by atomic mass is 10.1. The first-order valence-corrected chi connectivity index (χ1v) is 5.50. The van der Waals surface area contributed by atoms with E-state index < -0.39 is 0 Å². The van der Waals surface area contributed by atoms with Gasteiger partial charge in [-0.1, -0.05) is 23.7 Å². The maximum atomic E-state index is 9.53. The van der Waals surface area contributed by atoms with Crippen molar-refractivity contribution in [2.45, 2.75) is 6.17 Å². The van der Waals surface area contributed by atoms with E-state index in [0.717, 1.165) is 11.3 Å². The third-order valence-electron chi connectivity index (χ3n) is 2.57. The van der Waals surface area contributed by atoms with Crippen LogP contribution < -0.4 is 4.74 Å². The van der Waals surface area contributed by atoms with Crippen LogP contribution in [0.3, 0.4) is 0 Å². The molecule has 0 fully saturated rings. The smallest absolute Gasteiger partial charge is 0.229 e. The second-order valence-corrected chi connectivity index (χ2v) is 4.15. The van der Waals surface area contributed by atoms with Gasteiger partial charge in [-0.05, 0) is 17.7 Å². The van der Waals surface area contributed by atoms with E-state index in [2.05, 4.69) is 4.99 Å². The first kappa shape index (κ1) is 11.8.